The number of amides is 2. The molecule has 0 bridgehead atoms. The van der Waals surface area contributed by atoms with Crippen LogP contribution in [0.25, 0.3) is 0 Å². The molecule has 0 spiro atoms. The lowest BCUT2D eigenvalue weighted by Gasteiger charge is -2.31. The molecule has 190 valence electrons. The zero-order chi connectivity index (χ0) is 26.1. The van der Waals surface area contributed by atoms with Gasteiger partial charge >= 0.3 is 0 Å². The molecule has 1 aromatic carbocycles. The van der Waals surface area contributed by atoms with Crippen LogP contribution < -0.4 is 15.6 Å². The Morgan fingerprint density at radius 2 is 1.71 bits per heavy atom. The maximum absolute atomic E-state index is 12.5. The zero-order valence-electron chi connectivity index (χ0n) is 20.0. The summed E-state index contributed by atoms with van der Waals surface area (Å²) >= 11 is 10.9. The standard InChI is InChI=1S/C23H30N4O6S2/c1-26(22(34)17-10-16(32-3)7-6-15(17)13-29)24-20(30)11-21(31)25-27(2)23(35)18-9-14(12-28)5-8-19(18)33-4/h5-10,18-19,28-29H,11-13H2,1-4H3,(H,24,30)(H,25,31). The fourth-order valence-electron chi connectivity index (χ4n) is 3.39. The van der Waals surface area contributed by atoms with Gasteiger partial charge in [-0.2, -0.15) is 0 Å². The van der Waals surface area contributed by atoms with E-state index in [9.17, 15) is 19.8 Å². The second-order valence-corrected chi connectivity index (χ2v) is 8.48. The molecule has 4 N–H and O–H groups in total. The number of hydrogen-bond acceptors (Lipinski definition) is 8. The van der Waals surface area contributed by atoms with Crippen LogP contribution in [0.1, 0.15) is 17.5 Å². The highest BCUT2D eigenvalue weighted by Crippen LogP contribution is 2.22. The van der Waals surface area contributed by atoms with Gasteiger partial charge in [0.25, 0.3) is 0 Å². The third-order valence-corrected chi connectivity index (χ3v) is 6.29. The summed E-state index contributed by atoms with van der Waals surface area (Å²) in [5, 5.41) is 21.7. The molecule has 0 saturated heterocycles. The summed E-state index contributed by atoms with van der Waals surface area (Å²) in [5.74, 6) is -1.02. The number of methoxy groups -OCH3 is 2. The van der Waals surface area contributed by atoms with E-state index in [2.05, 4.69) is 10.9 Å². The monoisotopic (exact) mass is 522 g/mol. The van der Waals surface area contributed by atoms with Crippen molar-refractivity contribution in [1.82, 2.24) is 20.9 Å². The molecule has 12 heteroatoms. The molecule has 0 aromatic heterocycles. The smallest absolute Gasteiger partial charge is 0.248 e. The molecule has 1 aliphatic rings. The highest BCUT2D eigenvalue weighted by atomic mass is 32.1. The van der Waals surface area contributed by atoms with Gasteiger partial charge in [0.15, 0.2) is 0 Å². The predicted octanol–water partition coefficient (Wildman–Crippen LogP) is 0.626. The van der Waals surface area contributed by atoms with E-state index in [0.717, 1.165) is 0 Å². The molecule has 2 amide bonds. The Hall–Kier alpha value is -2.90. The zero-order valence-corrected chi connectivity index (χ0v) is 21.6. The Bertz CT molecular complexity index is 1030. The van der Waals surface area contributed by atoms with Crippen LogP contribution in [0.15, 0.2) is 42.0 Å². The molecular formula is C23H30N4O6S2. The number of hydrogen-bond donors (Lipinski definition) is 4. The number of carbonyl (C=O) groups excluding carboxylic acids is 2. The van der Waals surface area contributed by atoms with Crippen molar-refractivity contribution in [3.8, 4) is 5.75 Å². The van der Waals surface area contributed by atoms with Gasteiger partial charge in [-0.05, 0) is 23.3 Å². The van der Waals surface area contributed by atoms with Gasteiger partial charge in [-0.15, -0.1) is 0 Å². The lowest BCUT2D eigenvalue weighted by molar-refractivity contribution is -0.132. The summed E-state index contributed by atoms with van der Waals surface area (Å²) in [6.07, 6.45) is 4.48. The van der Waals surface area contributed by atoms with Gasteiger partial charge in [-0.3, -0.25) is 30.5 Å². The number of hydrazine groups is 2. The molecule has 10 nitrogen and oxygen atoms in total. The third-order valence-electron chi connectivity index (χ3n) is 5.25. The first-order valence-electron chi connectivity index (χ1n) is 10.6. The summed E-state index contributed by atoms with van der Waals surface area (Å²) < 4.78 is 10.6. The first-order valence-corrected chi connectivity index (χ1v) is 11.4. The lowest BCUT2D eigenvalue weighted by Crippen LogP contribution is -2.49. The number of ether oxygens (including phenoxy) is 2. The Morgan fingerprint density at radius 3 is 2.29 bits per heavy atom. The SMILES string of the molecule is COc1ccc(CO)c(C(=S)N(C)NC(=O)CC(=O)NN(C)C(=S)C2C=C(CO)C=CC2OC)c1. The van der Waals surface area contributed by atoms with E-state index >= 15 is 0 Å². The molecule has 0 heterocycles. The van der Waals surface area contributed by atoms with Crippen molar-refractivity contribution in [2.75, 3.05) is 34.9 Å². The molecule has 0 saturated carbocycles. The maximum atomic E-state index is 12.5. The van der Waals surface area contributed by atoms with Crippen molar-refractivity contribution >= 4 is 46.2 Å². The summed E-state index contributed by atoms with van der Waals surface area (Å²) in [4.78, 5) is 25.5. The Kier molecular flexibility index (Phi) is 10.7. The van der Waals surface area contributed by atoms with Crippen LogP contribution in [0.5, 0.6) is 5.75 Å². The molecule has 2 atom stereocenters. The highest BCUT2D eigenvalue weighted by molar-refractivity contribution is 7.80. The first-order chi connectivity index (χ1) is 16.6. The van der Waals surface area contributed by atoms with Crippen molar-refractivity contribution in [3.05, 3.63) is 53.1 Å². The van der Waals surface area contributed by atoms with E-state index in [0.29, 0.717) is 27.4 Å². The molecule has 0 fully saturated rings. The molecular weight excluding hydrogens is 492 g/mol. The first kappa shape index (κ1) is 28.3. The van der Waals surface area contributed by atoms with Crippen LogP contribution in [0, 0.1) is 5.92 Å². The molecule has 0 radical (unpaired) electrons. The van der Waals surface area contributed by atoms with Crippen LogP contribution in [0.4, 0.5) is 0 Å². The summed E-state index contributed by atoms with van der Waals surface area (Å²) in [6.45, 7) is -0.390. The lowest BCUT2D eigenvalue weighted by atomic mass is 9.93. The Balaban J connectivity index is 1.95. The largest absolute Gasteiger partial charge is 0.497 e. The van der Waals surface area contributed by atoms with Crippen LogP contribution in [-0.4, -0.2) is 83.0 Å². The van der Waals surface area contributed by atoms with E-state index in [1.807, 2.05) is 0 Å². The summed E-state index contributed by atoms with van der Waals surface area (Å²) in [7, 11) is 6.15. The third kappa shape index (κ3) is 7.54. The van der Waals surface area contributed by atoms with Crippen LogP contribution in [0.2, 0.25) is 0 Å². The molecule has 2 unspecified atom stereocenters. The van der Waals surface area contributed by atoms with Crippen LogP contribution >= 0.6 is 24.4 Å². The fourth-order valence-corrected chi connectivity index (χ4v) is 3.87. The van der Waals surface area contributed by atoms with E-state index in [4.69, 9.17) is 33.9 Å². The minimum atomic E-state index is -0.599. The van der Waals surface area contributed by atoms with E-state index in [-0.39, 0.29) is 30.2 Å². The molecule has 1 aliphatic carbocycles. The number of nitrogens with one attached hydrogen (secondary N) is 2. The predicted molar refractivity (Wildman–Crippen MR) is 138 cm³/mol. The van der Waals surface area contributed by atoms with E-state index in [1.54, 1.807) is 50.6 Å². The van der Waals surface area contributed by atoms with E-state index < -0.39 is 18.2 Å². The second-order valence-electron chi connectivity index (χ2n) is 7.67. The van der Waals surface area contributed by atoms with Crippen molar-refractivity contribution < 1.29 is 29.3 Å². The highest BCUT2D eigenvalue weighted by Gasteiger charge is 2.28. The number of nitrogens with zero attached hydrogens (tertiary/aromatic N) is 2. The number of carbonyl (C=O) groups is 2. The van der Waals surface area contributed by atoms with E-state index in [1.165, 1.54) is 24.2 Å². The maximum Gasteiger partial charge on any atom is 0.248 e. The molecule has 0 aliphatic heterocycles. The Morgan fingerprint density at radius 1 is 1.06 bits per heavy atom. The van der Waals surface area contributed by atoms with Crippen molar-refractivity contribution in [2.45, 2.75) is 19.1 Å². The molecule has 35 heavy (non-hydrogen) atoms. The second kappa shape index (κ2) is 13.3. The van der Waals surface area contributed by atoms with Gasteiger partial charge in [-0.1, -0.05) is 48.7 Å². The van der Waals surface area contributed by atoms with Gasteiger partial charge in [0.2, 0.25) is 11.8 Å². The average molecular weight is 523 g/mol. The van der Waals surface area contributed by atoms with Crippen LogP contribution in [-0.2, 0) is 20.9 Å². The quantitative estimate of drug-likeness (QED) is 0.220. The average Bonchev–Trinajstić information content (AvgIpc) is 2.86. The van der Waals surface area contributed by atoms with Gasteiger partial charge in [0.05, 0.1) is 32.3 Å². The fraction of sp³-hybridized carbons (Fsp3) is 0.391. The van der Waals surface area contributed by atoms with Crippen molar-refractivity contribution in [3.63, 3.8) is 0 Å². The van der Waals surface area contributed by atoms with Gasteiger partial charge < -0.3 is 19.7 Å². The number of thiocarbonyl (C=S) groups is 2. The number of rotatable bonds is 8. The Labute approximate surface area is 215 Å². The minimum Gasteiger partial charge on any atom is -0.497 e. The normalized spacial score (nSPS) is 16.7. The van der Waals surface area contributed by atoms with Gasteiger partial charge in [0.1, 0.15) is 22.1 Å². The topological polar surface area (TPSA) is 124 Å². The number of aliphatic hydroxyl groups is 2. The van der Waals surface area contributed by atoms with Gasteiger partial charge in [0, 0.05) is 26.8 Å². The molecule has 2 rings (SSSR count). The number of benzene rings is 1. The van der Waals surface area contributed by atoms with Gasteiger partial charge in [-0.25, -0.2) is 0 Å². The molecule has 1 aromatic rings. The minimum absolute atomic E-state index is 0.146. The number of aliphatic hydroxyl groups excluding tert-OH is 2. The van der Waals surface area contributed by atoms with Crippen molar-refractivity contribution in [2.24, 2.45) is 5.92 Å². The van der Waals surface area contributed by atoms with Crippen molar-refractivity contribution in [1.29, 1.82) is 0 Å². The summed E-state index contributed by atoms with van der Waals surface area (Å²) in [5.41, 5.74) is 6.88. The van der Waals surface area contributed by atoms with Crippen LogP contribution in [0.3, 0.4) is 0 Å². The summed E-state index contributed by atoms with van der Waals surface area (Å²) in [6, 6.07) is 5.03.